The Labute approximate surface area is 143 Å². The number of aryl methyl sites for hydroxylation is 2. The van der Waals surface area contributed by atoms with Gasteiger partial charge in [-0.25, -0.2) is 5.43 Å². The van der Waals surface area contributed by atoms with Crippen molar-refractivity contribution < 1.29 is 9.72 Å². The summed E-state index contributed by atoms with van der Waals surface area (Å²) in [6.07, 6.45) is 7.09. The summed E-state index contributed by atoms with van der Waals surface area (Å²) in [5.41, 5.74) is 4.33. The molecule has 0 unspecified atom stereocenters. The highest BCUT2D eigenvalue weighted by atomic mass is 32.1. The van der Waals surface area contributed by atoms with Crippen LogP contribution in [0, 0.1) is 10.1 Å². The standard InChI is InChI=1S/C17H17N3O3S/c21-17(16-10-13-6-2-1-3-8-15(13)24-16)19-18-11-12-5-4-7-14(9-12)20(22)23/h4-5,7,9-11H,1-3,6,8H2,(H,19,21)/b18-11-. The van der Waals surface area contributed by atoms with Gasteiger partial charge in [0.1, 0.15) is 0 Å². The topological polar surface area (TPSA) is 84.6 Å². The van der Waals surface area contributed by atoms with Crippen LogP contribution in [0.25, 0.3) is 0 Å². The Morgan fingerprint density at radius 3 is 2.92 bits per heavy atom. The van der Waals surface area contributed by atoms with Crippen molar-refractivity contribution in [2.24, 2.45) is 5.10 Å². The van der Waals surface area contributed by atoms with Gasteiger partial charge >= 0.3 is 0 Å². The average molecular weight is 343 g/mol. The maximum atomic E-state index is 12.2. The Kier molecular flexibility index (Phi) is 5.00. The van der Waals surface area contributed by atoms with E-state index in [1.54, 1.807) is 12.1 Å². The van der Waals surface area contributed by atoms with E-state index >= 15 is 0 Å². The van der Waals surface area contributed by atoms with Gasteiger partial charge in [0.2, 0.25) is 0 Å². The van der Waals surface area contributed by atoms with Gasteiger partial charge in [-0.1, -0.05) is 18.6 Å². The molecule has 0 bridgehead atoms. The second-order valence-corrected chi connectivity index (χ2v) is 6.81. The van der Waals surface area contributed by atoms with Crippen LogP contribution < -0.4 is 5.43 Å². The molecule has 0 spiro atoms. The first-order chi connectivity index (χ1) is 11.6. The third-order valence-corrected chi connectivity index (χ3v) is 5.17. The summed E-state index contributed by atoms with van der Waals surface area (Å²) >= 11 is 1.53. The highest BCUT2D eigenvalue weighted by Crippen LogP contribution is 2.28. The van der Waals surface area contributed by atoms with E-state index in [-0.39, 0.29) is 11.6 Å². The molecule has 2 aromatic rings. The number of benzene rings is 1. The van der Waals surface area contributed by atoms with Crippen LogP contribution in [0.2, 0.25) is 0 Å². The van der Waals surface area contributed by atoms with Gasteiger partial charge in [-0.15, -0.1) is 11.3 Å². The lowest BCUT2D eigenvalue weighted by atomic mass is 10.1. The van der Waals surface area contributed by atoms with Crippen LogP contribution in [-0.2, 0) is 12.8 Å². The van der Waals surface area contributed by atoms with Crippen LogP contribution in [0.5, 0.6) is 0 Å². The third-order valence-electron chi connectivity index (χ3n) is 3.93. The predicted molar refractivity (Wildman–Crippen MR) is 93.7 cm³/mol. The number of amides is 1. The first-order valence-corrected chi connectivity index (χ1v) is 8.64. The molecular weight excluding hydrogens is 326 g/mol. The van der Waals surface area contributed by atoms with Crippen molar-refractivity contribution in [2.75, 3.05) is 0 Å². The summed E-state index contributed by atoms with van der Waals surface area (Å²) in [5.74, 6) is -0.241. The van der Waals surface area contributed by atoms with Crippen molar-refractivity contribution in [3.63, 3.8) is 0 Å². The molecule has 1 aliphatic rings. The molecule has 1 amide bonds. The molecule has 1 heterocycles. The number of nitro benzene ring substituents is 1. The number of nitrogens with one attached hydrogen (secondary N) is 1. The van der Waals surface area contributed by atoms with Crippen molar-refractivity contribution in [3.05, 3.63) is 61.3 Å². The van der Waals surface area contributed by atoms with Gasteiger partial charge in [-0.2, -0.15) is 5.10 Å². The van der Waals surface area contributed by atoms with E-state index < -0.39 is 4.92 Å². The summed E-state index contributed by atoms with van der Waals surface area (Å²) < 4.78 is 0. The number of rotatable bonds is 4. The van der Waals surface area contributed by atoms with Crippen LogP contribution in [0.15, 0.2) is 35.4 Å². The molecule has 1 aromatic heterocycles. The van der Waals surface area contributed by atoms with Gasteiger partial charge in [-0.05, 0) is 37.3 Å². The molecule has 0 fully saturated rings. The quantitative estimate of drug-likeness (QED) is 0.398. The molecule has 1 N–H and O–H groups in total. The number of fused-ring (bicyclic) bond motifs is 1. The molecule has 0 saturated heterocycles. The van der Waals surface area contributed by atoms with Crippen LogP contribution in [0.4, 0.5) is 5.69 Å². The maximum Gasteiger partial charge on any atom is 0.281 e. The molecule has 0 saturated carbocycles. The van der Waals surface area contributed by atoms with Crippen molar-refractivity contribution >= 4 is 29.1 Å². The Hall–Kier alpha value is -2.54. The minimum absolute atomic E-state index is 0.00715. The molecule has 0 aliphatic heterocycles. The summed E-state index contributed by atoms with van der Waals surface area (Å²) in [6, 6.07) is 8.05. The molecule has 6 nitrogen and oxygen atoms in total. The first kappa shape index (κ1) is 16.3. The van der Waals surface area contributed by atoms with Gasteiger partial charge in [0, 0.05) is 22.6 Å². The Bertz CT molecular complexity index is 775. The zero-order chi connectivity index (χ0) is 16.9. The number of thiophene rings is 1. The zero-order valence-electron chi connectivity index (χ0n) is 13.0. The van der Waals surface area contributed by atoms with E-state index in [1.165, 1.54) is 59.4 Å². The number of nitrogens with zero attached hydrogens (tertiary/aromatic N) is 2. The fourth-order valence-corrected chi connectivity index (χ4v) is 3.86. The monoisotopic (exact) mass is 343 g/mol. The Morgan fingerprint density at radius 2 is 2.08 bits per heavy atom. The Balaban J connectivity index is 1.65. The normalized spacial score (nSPS) is 14.2. The smallest absolute Gasteiger partial charge is 0.266 e. The van der Waals surface area contributed by atoms with E-state index in [1.807, 2.05) is 6.07 Å². The lowest BCUT2D eigenvalue weighted by molar-refractivity contribution is -0.384. The highest BCUT2D eigenvalue weighted by Gasteiger charge is 2.16. The Morgan fingerprint density at radius 1 is 1.25 bits per heavy atom. The fraction of sp³-hybridized carbons (Fsp3) is 0.294. The minimum atomic E-state index is -0.464. The van der Waals surface area contributed by atoms with Crippen molar-refractivity contribution in [3.8, 4) is 0 Å². The molecule has 0 radical (unpaired) electrons. The number of carbonyl (C=O) groups is 1. The van der Waals surface area contributed by atoms with E-state index in [4.69, 9.17) is 0 Å². The largest absolute Gasteiger partial charge is 0.281 e. The van der Waals surface area contributed by atoms with E-state index in [9.17, 15) is 14.9 Å². The van der Waals surface area contributed by atoms with Crippen LogP contribution in [-0.4, -0.2) is 17.0 Å². The SMILES string of the molecule is O=C(N/N=C\c1cccc([N+](=O)[O-])c1)c1cc2c(s1)CCCCC2. The fourth-order valence-electron chi connectivity index (χ4n) is 2.72. The molecule has 0 atom stereocenters. The summed E-state index contributed by atoms with van der Waals surface area (Å²) in [4.78, 5) is 24.4. The van der Waals surface area contributed by atoms with Gasteiger partial charge in [0.05, 0.1) is 16.0 Å². The maximum absolute atomic E-state index is 12.2. The minimum Gasteiger partial charge on any atom is -0.266 e. The molecule has 1 aromatic carbocycles. The molecule has 3 rings (SSSR count). The van der Waals surface area contributed by atoms with Crippen LogP contribution in [0.3, 0.4) is 0 Å². The molecule has 7 heteroatoms. The van der Waals surface area contributed by atoms with Crippen molar-refractivity contribution in [2.45, 2.75) is 32.1 Å². The number of hydrogen-bond acceptors (Lipinski definition) is 5. The number of nitro groups is 1. The number of non-ortho nitro benzene ring substituents is 1. The second-order valence-electron chi connectivity index (χ2n) is 5.67. The van der Waals surface area contributed by atoms with Gasteiger partial charge < -0.3 is 0 Å². The lowest BCUT2D eigenvalue weighted by Crippen LogP contribution is -2.16. The van der Waals surface area contributed by atoms with Crippen molar-refractivity contribution in [1.82, 2.24) is 5.43 Å². The lowest BCUT2D eigenvalue weighted by Gasteiger charge is -1.97. The van der Waals surface area contributed by atoms with Crippen molar-refractivity contribution in [1.29, 1.82) is 0 Å². The van der Waals surface area contributed by atoms with E-state index in [0.717, 1.165) is 12.8 Å². The summed E-state index contributed by atoms with van der Waals surface area (Å²) in [7, 11) is 0. The van der Waals surface area contributed by atoms with Gasteiger partial charge in [0.25, 0.3) is 11.6 Å². The zero-order valence-corrected chi connectivity index (χ0v) is 13.8. The van der Waals surface area contributed by atoms with Crippen LogP contribution >= 0.6 is 11.3 Å². The van der Waals surface area contributed by atoms with Crippen LogP contribution in [0.1, 0.15) is 44.9 Å². The number of carbonyl (C=O) groups excluding carboxylic acids is 1. The third kappa shape index (κ3) is 3.86. The second kappa shape index (κ2) is 7.35. The molecule has 24 heavy (non-hydrogen) atoms. The highest BCUT2D eigenvalue weighted by molar-refractivity contribution is 7.14. The summed E-state index contributed by atoms with van der Waals surface area (Å²) in [5, 5.41) is 14.6. The average Bonchev–Trinajstić information content (AvgIpc) is 2.86. The molecule has 124 valence electrons. The predicted octanol–water partition coefficient (Wildman–Crippen LogP) is 3.69. The number of hydrogen-bond donors (Lipinski definition) is 1. The van der Waals surface area contributed by atoms with Gasteiger partial charge in [0.15, 0.2) is 0 Å². The molecular formula is C17H17N3O3S. The van der Waals surface area contributed by atoms with E-state index in [0.29, 0.717) is 10.4 Å². The number of hydrazone groups is 1. The van der Waals surface area contributed by atoms with E-state index in [2.05, 4.69) is 10.5 Å². The van der Waals surface area contributed by atoms with Gasteiger partial charge in [-0.3, -0.25) is 14.9 Å². The summed E-state index contributed by atoms with van der Waals surface area (Å²) in [6.45, 7) is 0. The first-order valence-electron chi connectivity index (χ1n) is 7.83. The molecule has 1 aliphatic carbocycles.